The molecule has 2 rings (SSSR count). The molecule has 1 aromatic carbocycles. The van der Waals surface area contributed by atoms with Gasteiger partial charge in [0.25, 0.3) is 0 Å². The number of benzene rings is 1. The molecule has 0 N–H and O–H groups in total. The first-order chi connectivity index (χ1) is 7.74. The van der Waals surface area contributed by atoms with Gasteiger partial charge in [-0.15, -0.1) is 0 Å². The highest BCUT2D eigenvalue weighted by Crippen LogP contribution is 2.46. The molecule has 0 spiro atoms. The monoisotopic (exact) mass is 218 g/mol. The molecule has 0 atom stereocenters. The fourth-order valence-electron chi connectivity index (χ4n) is 1.57. The van der Waals surface area contributed by atoms with Crippen molar-refractivity contribution in [2.75, 3.05) is 0 Å². The lowest BCUT2D eigenvalue weighted by Crippen LogP contribution is -2.13. The molecule has 0 amide bonds. The van der Waals surface area contributed by atoms with Crippen molar-refractivity contribution >= 4 is 12.3 Å². The third-order valence-electron chi connectivity index (χ3n) is 2.88. The van der Waals surface area contributed by atoms with Crippen LogP contribution in [0.15, 0.2) is 30.3 Å². The van der Waals surface area contributed by atoms with Crippen LogP contribution in [-0.2, 0) is 20.9 Å². The summed E-state index contributed by atoms with van der Waals surface area (Å²) in [6.45, 7) is 0.286. The van der Waals surface area contributed by atoms with Crippen LogP contribution in [0.25, 0.3) is 0 Å². The molecular formula is C13H14O3. The second kappa shape index (κ2) is 4.47. The van der Waals surface area contributed by atoms with Gasteiger partial charge in [0, 0.05) is 5.41 Å². The first kappa shape index (κ1) is 10.9. The predicted octanol–water partition coefficient (Wildman–Crippen LogP) is 2.10. The summed E-state index contributed by atoms with van der Waals surface area (Å²) in [7, 11) is 0. The van der Waals surface area contributed by atoms with Crippen LogP contribution >= 0.6 is 0 Å². The molecule has 0 unspecified atom stereocenters. The second-order valence-electron chi connectivity index (χ2n) is 4.30. The molecule has 0 heterocycles. The van der Waals surface area contributed by atoms with Crippen LogP contribution in [0.3, 0.4) is 0 Å². The normalized spacial score (nSPS) is 16.5. The number of carbonyl (C=O) groups excluding carboxylic acids is 2. The Kier molecular flexibility index (Phi) is 3.04. The molecule has 0 radical (unpaired) electrons. The molecule has 3 nitrogen and oxygen atoms in total. The minimum absolute atomic E-state index is 0.226. The molecule has 1 saturated carbocycles. The maximum atomic E-state index is 11.4. The Balaban J connectivity index is 1.78. The van der Waals surface area contributed by atoms with Crippen LogP contribution < -0.4 is 0 Å². The third kappa shape index (κ3) is 2.69. The van der Waals surface area contributed by atoms with E-state index in [1.165, 1.54) is 0 Å². The average molecular weight is 218 g/mol. The van der Waals surface area contributed by atoms with Gasteiger partial charge in [0.15, 0.2) is 0 Å². The van der Waals surface area contributed by atoms with Gasteiger partial charge in [-0.3, -0.25) is 4.79 Å². The Morgan fingerprint density at radius 1 is 1.31 bits per heavy atom. The summed E-state index contributed by atoms with van der Waals surface area (Å²) in [6, 6.07) is 9.52. The summed E-state index contributed by atoms with van der Waals surface area (Å²) in [4.78, 5) is 22.1. The number of hydrogen-bond donors (Lipinski definition) is 0. The molecule has 1 aromatic rings. The van der Waals surface area contributed by atoms with Gasteiger partial charge in [-0.2, -0.15) is 0 Å². The van der Waals surface area contributed by atoms with Crippen molar-refractivity contribution in [1.82, 2.24) is 0 Å². The summed E-state index contributed by atoms with van der Waals surface area (Å²) in [5.41, 5.74) is 0.570. The first-order valence-corrected chi connectivity index (χ1v) is 5.40. The van der Waals surface area contributed by atoms with E-state index in [-0.39, 0.29) is 19.0 Å². The number of aldehydes is 1. The zero-order chi connectivity index (χ0) is 11.4. The fourth-order valence-corrected chi connectivity index (χ4v) is 1.57. The summed E-state index contributed by atoms with van der Waals surface area (Å²) in [5, 5.41) is 0. The van der Waals surface area contributed by atoms with E-state index in [1.54, 1.807) is 0 Å². The van der Waals surface area contributed by atoms with Gasteiger partial charge >= 0.3 is 5.97 Å². The molecule has 0 saturated heterocycles. The minimum Gasteiger partial charge on any atom is -0.461 e. The number of esters is 1. The van der Waals surface area contributed by atoms with Crippen molar-refractivity contribution in [3.63, 3.8) is 0 Å². The minimum atomic E-state index is -0.395. The van der Waals surface area contributed by atoms with Crippen molar-refractivity contribution in [3.8, 4) is 0 Å². The quantitative estimate of drug-likeness (QED) is 0.561. The van der Waals surface area contributed by atoms with Crippen molar-refractivity contribution < 1.29 is 14.3 Å². The summed E-state index contributed by atoms with van der Waals surface area (Å²) < 4.78 is 5.11. The smallest absolute Gasteiger partial charge is 0.307 e. The van der Waals surface area contributed by atoms with E-state index < -0.39 is 5.41 Å². The van der Waals surface area contributed by atoms with Gasteiger partial charge in [-0.05, 0) is 18.4 Å². The van der Waals surface area contributed by atoms with Gasteiger partial charge in [0.05, 0.1) is 6.42 Å². The average Bonchev–Trinajstić information content (AvgIpc) is 3.08. The SMILES string of the molecule is O=CC1(CC(=O)OCc2ccccc2)CC1. The van der Waals surface area contributed by atoms with E-state index in [0.29, 0.717) is 0 Å². The summed E-state index contributed by atoms with van der Waals surface area (Å²) >= 11 is 0. The van der Waals surface area contributed by atoms with Crippen molar-refractivity contribution in [1.29, 1.82) is 0 Å². The van der Waals surface area contributed by atoms with Crippen LogP contribution in [0.1, 0.15) is 24.8 Å². The Bertz CT molecular complexity index is 379. The molecule has 84 valence electrons. The highest BCUT2D eigenvalue weighted by Gasteiger charge is 2.44. The summed E-state index contributed by atoms with van der Waals surface area (Å²) in [5.74, 6) is -0.284. The van der Waals surface area contributed by atoms with E-state index >= 15 is 0 Å². The van der Waals surface area contributed by atoms with E-state index in [1.807, 2.05) is 30.3 Å². The molecule has 0 aromatic heterocycles. The van der Waals surface area contributed by atoms with E-state index in [2.05, 4.69) is 0 Å². The third-order valence-corrected chi connectivity index (χ3v) is 2.88. The number of rotatable bonds is 5. The maximum Gasteiger partial charge on any atom is 0.307 e. The summed E-state index contributed by atoms with van der Waals surface area (Å²) in [6.07, 6.45) is 2.74. The highest BCUT2D eigenvalue weighted by molar-refractivity contribution is 5.77. The van der Waals surface area contributed by atoms with Crippen molar-refractivity contribution in [3.05, 3.63) is 35.9 Å². The number of carbonyl (C=O) groups is 2. The number of hydrogen-bond acceptors (Lipinski definition) is 3. The molecule has 1 aliphatic rings. The molecule has 16 heavy (non-hydrogen) atoms. The molecule has 1 aliphatic carbocycles. The Morgan fingerprint density at radius 2 is 2.00 bits per heavy atom. The zero-order valence-corrected chi connectivity index (χ0v) is 9.02. The molecule has 3 heteroatoms. The van der Waals surface area contributed by atoms with Gasteiger partial charge in [-0.1, -0.05) is 30.3 Å². The Morgan fingerprint density at radius 3 is 2.56 bits per heavy atom. The first-order valence-electron chi connectivity index (χ1n) is 5.40. The standard InChI is InChI=1S/C13H14O3/c14-10-13(6-7-13)8-12(15)16-9-11-4-2-1-3-5-11/h1-5,10H,6-9H2. The van der Waals surface area contributed by atoms with Crippen LogP contribution in [0, 0.1) is 5.41 Å². The van der Waals surface area contributed by atoms with Gasteiger partial charge in [-0.25, -0.2) is 0 Å². The molecular weight excluding hydrogens is 204 g/mol. The second-order valence-corrected chi connectivity index (χ2v) is 4.30. The van der Waals surface area contributed by atoms with Crippen molar-refractivity contribution in [2.24, 2.45) is 5.41 Å². The van der Waals surface area contributed by atoms with Crippen LogP contribution in [0.4, 0.5) is 0 Å². The fraction of sp³-hybridized carbons (Fsp3) is 0.385. The van der Waals surface area contributed by atoms with Crippen molar-refractivity contribution in [2.45, 2.75) is 25.9 Å². The molecule has 0 aliphatic heterocycles. The largest absolute Gasteiger partial charge is 0.461 e. The lowest BCUT2D eigenvalue weighted by molar-refractivity contribution is -0.147. The molecule has 0 bridgehead atoms. The van der Waals surface area contributed by atoms with Gasteiger partial charge < -0.3 is 9.53 Å². The van der Waals surface area contributed by atoms with Crippen LogP contribution in [0.5, 0.6) is 0 Å². The van der Waals surface area contributed by atoms with Gasteiger partial charge in [0.2, 0.25) is 0 Å². The van der Waals surface area contributed by atoms with Gasteiger partial charge in [0.1, 0.15) is 12.9 Å². The predicted molar refractivity (Wildman–Crippen MR) is 58.6 cm³/mol. The Labute approximate surface area is 94.4 Å². The topological polar surface area (TPSA) is 43.4 Å². The lowest BCUT2D eigenvalue weighted by atomic mass is 10.1. The highest BCUT2D eigenvalue weighted by atomic mass is 16.5. The maximum absolute atomic E-state index is 11.4. The van der Waals surface area contributed by atoms with Crippen LogP contribution in [0.2, 0.25) is 0 Å². The molecule has 1 fully saturated rings. The van der Waals surface area contributed by atoms with E-state index in [0.717, 1.165) is 24.7 Å². The number of ether oxygens (including phenoxy) is 1. The van der Waals surface area contributed by atoms with E-state index in [4.69, 9.17) is 4.74 Å². The van der Waals surface area contributed by atoms with Crippen LogP contribution in [-0.4, -0.2) is 12.3 Å². The Hall–Kier alpha value is -1.64. The lowest BCUT2D eigenvalue weighted by Gasteiger charge is -2.07. The zero-order valence-electron chi connectivity index (χ0n) is 9.02. The van der Waals surface area contributed by atoms with E-state index in [9.17, 15) is 9.59 Å².